The summed E-state index contributed by atoms with van der Waals surface area (Å²) >= 11 is 9.30. The van der Waals surface area contributed by atoms with E-state index in [-0.39, 0.29) is 60.8 Å². The Balaban J connectivity index is 1.24. The van der Waals surface area contributed by atoms with Crippen molar-refractivity contribution in [2.45, 2.75) is 104 Å². The zero-order valence-electron chi connectivity index (χ0n) is 25.1. The van der Waals surface area contributed by atoms with Crippen LogP contribution in [-0.2, 0) is 42.5 Å². The van der Waals surface area contributed by atoms with Gasteiger partial charge in [0, 0.05) is 12.8 Å². The maximum Gasteiger partial charge on any atom is 0.308 e. The minimum Gasteiger partial charge on any atom is -0.465 e. The molecule has 0 radical (unpaired) electrons. The highest BCUT2D eigenvalue weighted by Gasteiger charge is 2.62. The third-order valence-electron chi connectivity index (χ3n) is 11.6. The highest BCUT2D eigenvalue weighted by atomic mass is 32.5. The summed E-state index contributed by atoms with van der Waals surface area (Å²) in [5.41, 5.74) is 0.291. The molecule has 0 bridgehead atoms. The molecule has 4 saturated carbocycles. The van der Waals surface area contributed by atoms with Crippen molar-refractivity contribution in [2.24, 2.45) is 46.3 Å². The predicted molar refractivity (Wildman–Crippen MR) is 168 cm³/mol. The molecule has 0 saturated heterocycles. The van der Waals surface area contributed by atoms with Gasteiger partial charge in [-0.25, -0.2) is 0 Å². The van der Waals surface area contributed by atoms with Gasteiger partial charge in [0.05, 0.1) is 37.7 Å². The van der Waals surface area contributed by atoms with Crippen LogP contribution in [0.1, 0.15) is 91.4 Å². The van der Waals surface area contributed by atoms with E-state index in [1.54, 1.807) is 0 Å². The second-order valence-corrected chi connectivity index (χ2v) is 21.6. The molecule has 242 valence electrons. The van der Waals surface area contributed by atoms with Gasteiger partial charge in [0.1, 0.15) is 5.78 Å². The Morgan fingerprint density at radius 3 is 2.29 bits per heavy atom. The highest BCUT2D eigenvalue weighted by Crippen LogP contribution is 2.68. The van der Waals surface area contributed by atoms with Crippen LogP contribution < -0.4 is 0 Å². The fourth-order valence-corrected chi connectivity index (χ4v) is 16.0. The first-order valence-corrected chi connectivity index (χ1v) is 21.2. The maximum atomic E-state index is 12.9. The third kappa shape index (κ3) is 7.94. The summed E-state index contributed by atoms with van der Waals surface area (Å²) in [7, 11) is 0. The van der Waals surface area contributed by atoms with Gasteiger partial charge in [-0.1, -0.05) is 20.8 Å². The summed E-state index contributed by atoms with van der Waals surface area (Å²) in [6.45, 7) is -0.460. The largest absolute Gasteiger partial charge is 0.465 e. The van der Waals surface area contributed by atoms with Gasteiger partial charge in [-0.3, -0.25) is 9.59 Å². The molecule has 4 aliphatic carbocycles. The van der Waals surface area contributed by atoms with Gasteiger partial charge in [0.15, 0.2) is 13.0 Å². The molecule has 11 atom stereocenters. The third-order valence-corrected chi connectivity index (χ3v) is 17.5. The number of rotatable bonds is 12. The summed E-state index contributed by atoms with van der Waals surface area (Å²) in [5, 5.41) is 21.7. The predicted octanol–water partition coefficient (Wildman–Crippen LogP) is 4.47. The Kier molecular flexibility index (Phi) is 11.3. The van der Waals surface area contributed by atoms with E-state index in [0.717, 1.165) is 51.4 Å². The fourth-order valence-electron chi connectivity index (χ4n) is 9.68. The lowest BCUT2D eigenvalue weighted by Gasteiger charge is -2.62. The molecule has 4 rings (SSSR count). The average molecular weight is 669 g/mol. The second kappa shape index (κ2) is 13.5. The van der Waals surface area contributed by atoms with E-state index in [1.165, 1.54) is 0 Å². The Morgan fingerprint density at radius 1 is 0.929 bits per heavy atom. The summed E-state index contributed by atoms with van der Waals surface area (Å²) in [5.74, 6) is 1.14. The van der Waals surface area contributed by atoms with E-state index in [0.29, 0.717) is 36.0 Å². The number of hydrogen-bond donors (Lipinski definition) is 5. The Morgan fingerprint density at radius 2 is 1.60 bits per heavy atom. The molecule has 0 aromatic carbocycles. The molecule has 42 heavy (non-hydrogen) atoms. The van der Waals surface area contributed by atoms with Crippen molar-refractivity contribution >= 4 is 48.3 Å². The first-order valence-electron chi connectivity index (χ1n) is 15.5. The standard InChI is InChI=1S/C29H50O9P2S2/c1-18(14-21(31)8-12-37-26(33)9-13-38-40(36,42)17-39(34,35)41)22-4-5-23-27-24(7-11-29(22,23)3)28(2)10-6-20(30)15-19(28)16-25(27)32/h18-20,22-25,27,30,32H,4-17H2,1-3H3,(H,36,42)(H2,34,35,41)/t18-,19?,20-,22?,23?,24?,25?,27?,28+,29-,40?/m1/s1. The quantitative estimate of drug-likeness (QED) is 0.148. The maximum absolute atomic E-state index is 12.9. The van der Waals surface area contributed by atoms with Crippen molar-refractivity contribution < 1.29 is 43.7 Å². The summed E-state index contributed by atoms with van der Waals surface area (Å²) in [6, 6.07) is 0. The van der Waals surface area contributed by atoms with Crippen LogP contribution in [0.15, 0.2) is 0 Å². The number of esters is 1. The molecular formula is C29H50O9P2S2. The molecular weight excluding hydrogens is 618 g/mol. The van der Waals surface area contributed by atoms with Crippen molar-refractivity contribution in [3.05, 3.63) is 0 Å². The lowest BCUT2D eigenvalue weighted by molar-refractivity contribution is -0.174. The average Bonchev–Trinajstić information content (AvgIpc) is 3.20. The van der Waals surface area contributed by atoms with E-state index in [4.69, 9.17) is 21.1 Å². The van der Waals surface area contributed by atoms with E-state index in [2.05, 4.69) is 32.6 Å². The molecule has 4 aliphatic rings. The SMILES string of the molecule is C[C@H](CC(=O)CCOC(=O)CCOP(O)(=S)CP(O)(O)=S)C1CCC2C3C(O)CC4C[C@H](O)CC[C@]4(C)C3CC[C@@]21C. The molecule has 13 heteroatoms. The highest BCUT2D eigenvalue weighted by molar-refractivity contribution is 8.18. The Hall–Kier alpha value is 0.200. The molecule has 0 aliphatic heterocycles. The van der Waals surface area contributed by atoms with Gasteiger partial charge in [0.2, 0.25) is 0 Å². The monoisotopic (exact) mass is 668 g/mol. The molecule has 5 N–H and O–H groups in total. The van der Waals surface area contributed by atoms with Crippen LogP contribution in [0.4, 0.5) is 0 Å². The van der Waals surface area contributed by atoms with E-state index in [9.17, 15) is 34.5 Å². The number of ether oxygens (including phenoxy) is 1. The first kappa shape index (κ1) is 35.1. The summed E-state index contributed by atoms with van der Waals surface area (Å²) < 4.78 is 10.2. The number of carbonyl (C=O) groups is 2. The summed E-state index contributed by atoms with van der Waals surface area (Å²) in [4.78, 5) is 53.5. The van der Waals surface area contributed by atoms with Crippen LogP contribution in [0.3, 0.4) is 0 Å². The lowest BCUT2D eigenvalue weighted by atomic mass is 9.43. The van der Waals surface area contributed by atoms with Gasteiger partial charge in [-0.15, -0.1) is 0 Å². The van der Waals surface area contributed by atoms with E-state index in [1.807, 2.05) is 0 Å². The zero-order chi connectivity index (χ0) is 31.1. The van der Waals surface area contributed by atoms with Gasteiger partial charge in [-0.2, -0.15) is 0 Å². The van der Waals surface area contributed by atoms with Crippen molar-refractivity contribution in [1.82, 2.24) is 0 Å². The normalized spacial score (nSPS) is 40.2. The number of carbonyl (C=O) groups excluding carboxylic acids is 2. The van der Waals surface area contributed by atoms with E-state index >= 15 is 0 Å². The topological polar surface area (TPSA) is 154 Å². The van der Waals surface area contributed by atoms with Crippen LogP contribution in [0.2, 0.25) is 0 Å². The fraction of sp³-hybridized carbons (Fsp3) is 0.931. The molecule has 9 nitrogen and oxygen atoms in total. The molecule has 0 amide bonds. The van der Waals surface area contributed by atoms with Gasteiger partial charge >= 0.3 is 5.97 Å². The molecule has 0 spiro atoms. The molecule has 7 unspecified atom stereocenters. The van der Waals surface area contributed by atoms with Crippen LogP contribution in [-0.4, -0.2) is 68.0 Å². The molecule has 4 fully saturated rings. The van der Waals surface area contributed by atoms with Crippen molar-refractivity contribution in [1.29, 1.82) is 0 Å². The number of fused-ring (bicyclic) bond motifs is 5. The number of hydrogen-bond acceptors (Lipinski definition) is 8. The minimum atomic E-state index is -3.70. The molecule has 0 aromatic rings. The number of aliphatic hydroxyl groups excluding tert-OH is 2. The van der Waals surface area contributed by atoms with Gasteiger partial charge < -0.3 is 34.2 Å². The Bertz CT molecular complexity index is 1100. The van der Waals surface area contributed by atoms with Crippen LogP contribution in [0.5, 0.6) is 0 Å². The summed E-state index contributed by atoms with van der Waals surface area (Å²) in [6.07, 6.45) is 7.74. The smallest absolute Gasteiger partial charge is 0.308 e. The van der Waals surface area contributed by atoms with Crippen molar-refractivity contribution in [2.75, 3.05) is 19.1 Å². The van der Waals surface area contributed by atoms with Gasteiger partial charge in [-0.05, 0) is 121 Å². The lowest BCUT2D eigenvalue weighted by Crippen LogP contribution is -2.58. The minimum absolute atomic E-state index is 0.0271. The van der Waals surface area contributed by atoms with Gasteiger partial charge in [0.25, 0.3) is 0 Å². The van der Waals surface area contributed by atoms with Crippen molar-refractivity contribution in [3.8, 4) is 0 Å². The molecule has 0 aromatic heterocycles. The van der Waals surface area contributed by atoms with E-state index < -0.39 is 24.9 Å². The van der Waals surface area contributed by atoms with Crippen molar-refractivity contribution in [3.63, 3.8) is 0 Å². The van der Waals surface area contributed by atoms with Crippen LogP contribution in [0.25, 0.3) is 0 Å². The number of ketones is 1. The molecule has 0 heterocycles. The zero-order valence-corrected chi connectivity index (χ0v) is 28.5. The van der Waals surface area contributed by atoms with Crippen LogP contribution >= 0.6 is 13.0 Å². The van der Waals surface area contributed by atoms with Crippen LogP contribution in [0, 0.1) is 46.3 Å². The Labute approximate surface area is 260 Å². The second-order valence-electron chi connectivity index (χ2n) is 14.2. The number of aliphatic hydroxyl groups is 2. The number of Topliss-reactive ketones (excluding diaryl/α,β-unsaturated/α-hetero) is 1. The first-order chi connectivity index (χ1) is 19.4.